The van der Waals surface area contributed by atoms with E-state index in [2.05, 4.69) is 0 Å². The number of aryl methyl sites for hydroxylation is 1. The first kappa shape index (κ1) is 16.0. The zero-order valence-electron chi connectivity index (χ0n) is 13.2. The molecule has 0 aliphatic carbocycles. The van der Waals surface area contributed by atoms with Gasteiger partial charge in [0.05, 0.1) is 0 Å². The van der Waals surface area contributed by atoms with Crippen molar-refractivity contribution in [2.45, 2.75) is 33.2 Å². The number of hydrogen-bond acceptors (Lipinski definition) is 3. The molecule has 0 aromatic heterocycles. The summed E-state index contributed by atoms with van der Waals surface area (Å²) >= 11 is 0. The average Bonchev–Trinajstić information content (AvgIpc) is 2.89. The highest BCUT2D eigenvalue weighted by Crippen LogP contribution is 2.23. The van der Waals surface area contributed by atoms with Crippen LogP contribution in [0.15, 0.2) is 48.1 Å². The minimum Gasteiger partial charge on any atom is -0.446 e. The van der Waals surface area contributed by atoms with Crippen molar-refractivity contribution in [1.29, 1.82) is 0 Å². The van der Waals surface area contributed by atoms with Crippen molar-refractivity contribution in [3.05, 3.63) is 59.2 Å². The Balaban J connectivity index is 2.32. The van der Waals surface area contributed by atoms with Crippen molar-refractivity contribution >= 4 is 12.0 Å². The molecule has 1 heterocycles. The fraction of sp³-hybridized carbons (Fsp3) is 0.333. The molecule has 0 radical (unpaired) electrons. The Labute approximate surface area is 131 Å². The molecule has 0 spiro atoms. The number of carbonyl (C=O) groups is 2. The molecule has 1 aromatic carbocycles. The molecule has 2 amide bonds. The van der Waals surface area contributed by atoms with E-state index in [1.807, 2.05) is 51.1 Å². The number of amides is 2. The van der Waals surface area contributed by atoms with Gasteiger partial charge in [-0.2, -0.15) is 0 Å². The van der Waals surface area contributed by atoms with Gasteiger partial charge in [0.25, 0.3) is 5.91 Å². The molecule has 0 saturated carbocycles. The van der Waals surface area contributed by atoms with Crippen molar-refractivity contribution in [2.75, 3.05) is 6.61 Å². The summed E-state index contributed by atoms with van der Waals surface area (Å²) in [6, 6.07) is 6.86. The highest BCUT2D eigenvalue weighted by atomic mass is 16.6. The molecule has 1 atom stereocenters. The fourth-order valence-electron chi connectivity index (χ4n) is 2.46. The summed E-state index contributed by atoms with van der Waals surface area (Å²) < 4.78 is 5.11. The minimum atomic E-state index is -0.583. The number of hydrogen-bond donors (Lipinski definition) is 0. The van der Waals surface area contributed by atoms with E-state index in [1.165, 1.54) is 4.90 Å². The SMILES string of the molecule is C/C=C(\C=C/CC)C1COC(=O)N1C(=O)c1cccc(C)c1. The van der Waals surface area contributed by atoms with Crippen LogP contribution in [0.3, 0.4) is 0 Å². The third kappa shape index (κ3) is 3.27. The quantitative estimate of drug-likeness (QED) is 0.793. The molecule has 1 fully saturated rings. The Morgan fingerprint density at radius 3 is 2.86 bits per heavy atom. The Hall–Kier alpha value is -2.36. The van der Waals surface area contributed by atoms with E-state index >= 15 is 0 Å². The summed E-state index contributed by atoms with van der Waals surface area (Å²) in [7, 11) is 0. The Bertz CT molecular complexity index is 631. The topological polar surface area (TPSA) is 46.6 Å². The lowest BCUT2D eigenvalue weighted by atomic mass is 10.0. The van der Waals surface area contributed by atoms with Crippen LogP contribution in [0.4, 0.5) is 4.79 Å². The first-order chi connectivity index (χ1) is 10.6. The smallest absolute Gasteiger partial charge is 0.417 e. The second-order valence-corrected chi connectivity index (χ2v) is 5.24. The summed E-state index contributed by atoms with van der Waals surface area (Å²) in [5.74, 6) is -0.319. The van der Waals surface area contributed by atoms with E-state index in [4.69, 9.17) is 4.74 Å². The predicted octanol–water partition coefficient (Wildman–Crippen LogP) is 3.87. The lowest BCUT2D eigenvalue weighted by molar-refractivity contribution is 0.0787. The van der Waals surface area contributed by atoms with Gasteiger partial charge >= 0.3 is 6.09 Å². The van der Waals surface area contributed by atoms with Gasteiger partial charge in [0, 0.05) is 5.56 Å². The van der Waals surface area contributed by atoms with Crippen LogP contribution >= 0.6 is 0 Å². The van der Waals surface area contributed by atoms with E-state index in [0.717, 1.165) is 17.6 Å². The van der Waals surface area contributed by atoms with Crippen LogP contribution in [0.25, 0.3) is 0 Å². The number of allylic oxidation sites excluding steroid dienone is 2. The molecule has 4 nitrogen and oxygen atoms in total. The maximum atomic E-state index is 12.7. The Morgan fingerprint density at radius 2 is 2.23 bits per heavy atom. The summed E-state index contributed by atoms with van der Waals surface area (Å²) in [4.78, 5) is 25.9. The van der Waals surface area contributed by atoms with Crippen molar-refractivity contribution in [3.63, 3.8) is 0 Å². The molecule has 2 rings (SSSR count). The number of ether oxygens (including phenoxy) is 1. The second-order valence-electron chi connectivity index (χ2n) is 5.24. The van der Waals surface area contributed by atoms with Crippen molar-refractivity contribution in [1.82, 2.24) is 4.90 Å². The van der Waals surface area contributed by atoms with E-state index in [0.29, 0.717) is 5.56 Å². The third-order valence-electron chi connectivity index (χ3n) is 3.62. The first-order valence-corrected chi connectivity index (χ1v) is 7.48. The van der Waals surface area contributed by atoms with Gasteiger partial charge in [-0.25, -0.2) is 9.69 Å². The molecule has 1 aliphatic heterocycles. The van der Waals surface area contributed by atoms with E-state index in [1.54, 1.807) is 12.1 Å². The summed E-state index contributed by atoms with van der Waals surface area (Å²) in [5.41, 5.74) is 2.39. The second kappa shape index (κ2) is 7.07. The van der Waals surface area contributed by atoms with Gasteiger partial charge in [-0.05, 0) is 38.0 Å². The normalized spacial score (nSPS) is 18.9. The zero-order chi connectivity index (χ0) is 16.1. The first-order valence-electron chi connectivity index (χ1n) is 7.48. The fourth-order valence-corrected chi connectivity index (χ4v) is 2.46. The van der Waals surface area contributed by atoms with Gasteiger partial charge in [-0.3, -0.25) is 4.79 Å². The van der Waals surface area contributed by atoms with Gasteiger partial charge in [0.2, 0.25) is 0 Å². The van der Waals surface area contributed by atoms with Crippen LogP contribution in [0, 0.1) is 6.92 Å². The molecule has 0 bridgehead atoms. The van der Waals surface area contributed by atoms with Gasteiger partial charge in [-0.15, -0.1) is 0 Å². The highest BCUT2D eigenvalue weighted by molar-refractivity contribution is 6.04. The minimum absolute atomic E-state index is 0.199. The zero-order valence-corrected chi connectivity index (χ0v) is 13.2. The van der Waals surface area contributed by atoms with Crippen LogP contribution in [0.2, 0.25) is 0 Å². The van der Waals surface area contributed by atoms with Crippen LogP contribution < -0.4 is 0 Å². The monoisotopic (exact) mass is 299 g/mol. The summed E-state index contributed by atoms with van der Waals surface area (Å²) in [5, 5.41) is 0. The van der Waals surface area contributed by atoms with Gasteiger partial charge in [-0.1, -0.05) is 42.8 Å². The predicted molar refractivity (Wildman–Crippen MR) is 85.7 cm³/mol. The van der Waals surface area contributed by atoms with Crippen molar-refractivity contribution < 1.29 is 14.3 Å². The summed E-state index contributed by atoms with van der Waals surface area (Å²) in [6.45, 7) is 6.05. The number of carbonyl (C=O) groups excluding carboxylic acids is 2. The number of nitrogens with zero attached hydrogens (tertiary/aromatic N) is 1. The van der Waals surface area contributed by atoms with E-state index in [9.17, 15) is 9.59 Å². The number of imide groups is 1. The lowest BCUT2D eigenvalue weighted by Crippen LogP contribution is -2.39. The average molecular weight is 299 g/mol. The molecule has 22 heavy (non-hydrogen) atoms. The third-order valence-corrected chi connectivity index (χ3v) is 3.62. The van der Waals surface area contributed by atoms with E-state index < -0.39 is 6.09 Å². The molecule has 4 heteroatoms. The van der Waals surface area contributed by atoms with Gasteiger partial charge < -0.3 is 4.74 Å². The lowest BCUT2D eigenvalue weighted by Gasteiger charge is -2.20. The van der Waals surface area contributed by atoms with Gasteiger partial charge in [0.1, 0.15) is 12.6 Å². The van der Waals surface area contributed by atoms with Crippen molar-refractivity contribution in [2.24, 2.45) is 0 Å². The Morgan fingerprint density at radius 1 is 1.45 bits per heavy atom. The highest BCUT2D eigenvalue weighted by Gasteiger charge is 2.39. The molecule has 1 aromatic rings. The molecule has 1 saturated heterocycles. The maximum Gasteiger partial charge on any atom is 0.417 e. The molecule has 116 valence electrons. The molecule has 1 unspecified atom stereocenters. The van der Waals surface area contributed by atoms with E-state index in [-0.39, 0.29) is 18.6 Å². The van der Waals surface area contributed by atoms with Gasteiger partial charge in [0.15, 0.2) is 0 Å². The maximum absolute atomic E-state index is 12.7. The molecular weight excluding hydrogens is 278 g/mol. The van der Waals surface area contributed by atoms with Crippen molar-refractivity contribution in [3.8, 4) is 0 Å². The van der Waals surface area contributed by atoms with Crippen LogP contribution in [-0.4, -0.2) is 29.5 Å². The van der Waals surface area contributed by atoms with Crippen LogP contribution in [0.5, 0.6) is 0 Å². The molecule has 0 N–H and O–H groups in total. The number of cyclic esters (lactones) is 1. The van der Waals surface area contributed by atoms with Crippen LogP contribution in [0.1, 0.15) is 36.2 Å². The largest absolute Gasteiger partial charge is 0.446 e. The Kier molecular flexibility index (Phi) is 5.15. The number of rotatable bonds is 4. The number of benzene rings is 1. The molecule has 1 aliphatic rings. The van der Waals surface area contributed by atoms with Crippen LogP contribution in [-0.2, 0) is 4.74 Å². The summed E-state index contributed by atoms with van der Waals surface area (Å²) in [6.07, 6.45) is 6.18. The molecular formula is C18H21NO3. The standard InChI is InChI=1S/C18H21NO3/c1-4-6-9-14(5-2)16-12-22-18(21)19(16)17(20)15-10-7-8-13(3)11-15/h5-11,16H,4,12H2,1-3H3/b9-6-,14-5+.